The number of aromatic amines is 2. The molecule has 1 aromatic carbocycles. The van der Waals surface area contributed by atoms with E-state index < -0.39 is 0 Å². The fraction of sp³-hybridized carbons (Fsp3) is 0.312. The van der Waals surface area contributed by atoms with E-state index in [9.17, 15) is 0 Å². The van der Waals surface area contributed by atoms with Crippen LogP contribution in [0.25, 0.3) is 10.9 Å². The van der Waals surface area contributed by atoms with E-state index in [2.05, 4.69) is 46.1 Å². The van der Waals surface area contributed by atoms with Crippen molar-refractivity contribution in [1.82, 2.24) is 19.9 Å². The number of nitrogens with one attached hydrogen (secondary N) is 2. The zero-order valence-electron chi connectivity index (χ0n) is 12.4. The van der Waals surface area contributed by atoms with Crippen LogP contribution in [0.4, 0.5) is 0 Å². The predicted molar refractivity (Wildman–Crippen MR) is 83.8 cm³/mol. The molecule has 0 aliphatic heterocycles. The Morgan fingerprint density at radius 3 is 2.95 bits per heavy atom. The monoisotopic (exact) mass is 284 g/mol. The zero-order valence-corrected chi connectivity index (χ0v) is 12.4. The Morgan fingerprint density at radius 1 is 1.29 bits per heavy atom. The molecule has 110 valence electrons. The molecule has 5 nitrogen and oxygen atoms in total. The van der Waals surface area contributed by atoms with E-state index in [0.29, 0.717) is 5.88 Å². The molecule has 2 heterocycles. The Morgan fingerprint density at radius 2 is 2.19 bits per heavy atom. The topological polar surface area (TPSA) is 56.9 Å². The summed E-state index contributed by atoms with van der Waals surface area (Å²) in [7, 11) is 2.14. The van der Waals surface area contributed by atoms with Crippen LogP contribution < -0.4 is 4.74 Å². The van der Waals surface area contributed by atoms with E-state index in [-0.39, 0.29) is 0 Å². The van der Waals surface area contributed by atoms with Gasteiger partial charge in [0, 0.05) is 23.6 Å². The Balaban J connectivity index is 1.90. The molecular formula is C16H20N4O. The molecule has 3 aromatic rings. The van der Waals surface area contributed by atoms with E-state index in [1.807, 2.05) is 12.1 Å². The number of hydrogen-bond donors (Lipinski definition) is 2. The van der Waals surface area contributed by atoms with Crippen LogP contribution in [-0.4, -0.2) is 40.0 Å². The van der Waals surface area contributed by atoms with Crippen molar-refractivity contribution in [3.05, 3.63) is 42.5 Å². The van der Waals surface area contributed by atoms with Crippen molar-refractivity contribution in [3.8, 4) is 11.6 Å². The summed E-state index contributed by atoms with van der Waals surface area (Å²) in [6.45, 7) is 4.25. The van der Waals surface area contributed by atoms with Gasteiger partial charge < -0.3 is 19.6 Å². The lowest BCUT2D eigenvalue weighted by molar-refractivity contribution is 0.358. The number of fused-ring (bicyclic) bond motifs is 1. The number of likely N-dealkylation sites (N-methyl/N-ethyl adjacent to an activating group) is 1. The number of H-pyrrole nitrogens is 2. The molecule has 2 N–H and O–H groups in total. The molecule has 0 bridgehead atoms. The van der Waals surface area contributed by atoms with Crippen LogP contribution in [0.5, 0.6) is 11.6 Å². The first-order chi connectivity index (χ1) is 10.3. The van der Waals surface area contributed by atoms with Crippen LogP contribution in [0, 0.1) is 0 Å². The molecule has 5 heteroatoms. The maximum absolute atomic E-state index is 5.91. The second kappa shape index (κ2) is 6.01. The van der Waals surface area contributed by atoms with Crippen molar-refractivity contribution < 1.29 is 4.74 Å². The molecule has 0 aliphatic carbocycles. The van der Waals surface area contributed by atoms with Gasteiger partial charge in [0.25, 0.3) is 0 Å². The van der Waals surface area contributed by atoms with E-state index >= 15 is 0 Å². The normalized spacial score (nSPS) is 11.4. The number of aromatic nitrogens is 3. The average molecular weight is 284 g/mol. The van der Waals surface area contributed by atoms with Crippen molar-refractivity contribution >= 4 is 10.9 Å². The summed E-state index contributed by atoms with van der Waals surface area (Å²) >= 11 is 0. The number of ether oxygens (including phenoxy) is 1. The van der Waals surface area contributed by atoms with Crippen LogP contribution in [0.15, 0.2) is 36.9 Å². The molecule has 0 amide bonds. The second-order valence-corrected chi connectivity index (χ2v) is 5.16. The Hall–Kier alpha value is -2.27. The van der Waals surface area contributed by atoms with Gasteiger partial charge >= 0.3 is 0 Å². The van der Waals surface area contributed by atoms with Crippen LogP contribution in [-0.2, 0) is 6.42 Å². The van der Waals surface area contributed by atoms with Gasteiger partial charge in [0.1, 0.15) is 5.75 Å². The maximum Gasteiger partial charge on any atom is 0.217 e. The van der Waals surface area contributed by atoms with Gasteiger partial charge in [0.05, 0.1) is 12.5 Å². The largest absolute Gasteiger partial charge is 0.439 e. The van der Waals surface area contributed by atoms with Gasteiger partial charge in [-0.3, -0.25) is 0 Å². The Kier molecular flexibility index (Phi) is 3.92. The van der Waals surface area contributed by atoms with Crippen molar-refractivity contribution in [3.63, 3.8) is 0 Å². The summed E-state index contributed by atoms with van der Waals surface area (Å²) in [5, 5.41) is 1.15. The van der Waals surface area contributed by atoms with Gasteiger partial charge in [-0.2, -0.15) is 0 Å². The quantitative estimate of drug-likeness (QED) is 0.731. The minimum Gasteiger partial charge on any atom is -0.439 e. The summed E-state index contributed by atoms with van der Waals surface area (Å²) in [6, 6.07) is 6.05. The third-order valence-electron chi connectivity index (χ3n) is 3.74. The fourth-order valence-corrected chi connectivity index (χ4v) is 2.39. The summed E-state index contributed by atoms with van der Waals surface area (Å²) in [6.07, 6.45) is 6.36. The van der Waals surface area contributed by atoms with Gasteiger partial charge in [0.2, 0.25) is 5.88 Å². The van der Waals surface area contributed by atoms with E-state index in [0.717, 1.165) is 36.2 Å². The summed E-state index contributed by atoms with van der Waals surface area (Å²) in [4.78, 5) is 12.6. The highest BCUT2D eigenvalue weighted by Gasteiger charge is 2.11. The van der Waals surface area contributed by atoms with Gasteiger partial charge in [-0.05, 0) is 37.7 Å². The third kappa shape index (κ3) is 2.92. The number of rotatable bonds is 6. The van der Waals surface area contributed by atoms with Gasteiger partial charge in [-0.25, -0.2) is 4.98 Å². The molecule has 2 aromatic heterocycles. The maximum atomic E-state index is 5.91. The van der Waals surface area contributed by atoms with Crippen molar-refractivity contribution in [2.75, 3.05) is 20.1 Å². The van der Waals surface area contributed by atoms with Crippen LogP contribution >= 0.6 is 0 Å². The summed E-state index contributed by atoms with van der Waals surface area (Å²) < 4.78 is 5.91. The number of benzene rings is 1. The number of nitrogens with zero attached hydrogens (tertiary/aromatic N) is 2. The van der Waals surface area contributed by atoms with Gasteiger partial charge in [-0.1, -0.05) is 13.0 Å². The number of hydrogen-bond acceptors (Lipinski definition) is 3. The summed E-state index contributed by atoms with van der Waals surface area (Å²) in [5.41, 5.74) is 2.38. The molecule has 0 radical (unpaired) electrons. The summed E-state index contributed by atoms with van der Waals surface area (Å²) in [5.74, 6) is 1.51. The van der Waals surface area contributed by atoms with E-state index in [1.54, 1.807) is 12.5 Å². The molecule has 0 saturated carbocycles. The smallest absolute Gasteiger partial charge is 0.217 e. The minimum absolute atomic E-state index is 0.653. The predicted octanol–water partition coefficient (Wildman–Crippen LogP) is 3.18. The van der Waals surface area contributed by atoms with E-state index in [4.69, 9.17) is 4.74 Å². The second-order valence-electron chi connectivity index (χ2n) is 5.16. The van der Waals surface area contributed by atoms with Crippen molar-refractivity contribution in [2.24, 2.45) is 0 Å². The third-order valence-corrected chi connectivity index (χ3v) is 3.74. The first-order valence-corrected chi connectivity index (χ1v) is 7.21. The molecule has 0 fully saturated rings. The molecule has 0 aliphatic rings. The first kappa shape index (κ1) is 13.7. The standard InChI is InChI=1S/C16H20N4O/c1-3-20(2)8-7-12-9-18-13-5-4-6-14(16(12)13)21-15-10-17-11-19-15/h4-6,9-11,18H,3,7-8H2,1-2H3,(H,17,19). The molecule has 0 saturated heterocycles. The zero-order chi connectivity index (χ0) is 14.7. The molecule has 0 atom stereocenters. The molecule has 0 unspecified atom stereocenters. The minimum atomic E-state index is 0.653. The highest BCUT2D eigenvalue weighted by Crippen LogP contribution is 2.31. The lowest BCUT2D eigenvalue weighted by Gasteiger charge is -2.13. The van der Waals surface area contributed by atoms with E-state index in [1.165, 1.54) is 5.56 Å². The van der Waals surface area contributed by atoms with Crippen LogP contribution in [0.1, 0.15) is 12.5 Å². The van der Waals surface area contributed by atoms with Crippen LogP contribution in [0.2, 0.25) is 0 Å². The lowest BCUT2D eigenvalue weighted by atomic mass is 10.1. The Labute approximate surface area is 124 Å². The van der Waals surface area contributed by atoms with Crippen molar-refractivity contribution in [1.29, 1.82) is 0 Å². The van der Waals surface area contributed by atoms with Gasteiger partial charge in [-0.15, -0.1) is 0 Å². The van der Waals surface area contributed by atoms with Crippen molar-refractivity contribution in [2.45, 2.75) is 13.3 Å². The molecule has 0 spiro atoms. The molecule has 21 heavy (non-hydrogen) atoms. The lowest BCUT2D eigenvalue weighted by Crippen LogP contribution is -2.20. The Bertz CT molecular complexity index is 702. The SMILES string of the molecule is CCN(C)CCc1c[nH]c2cccc(Oc3cnc[nH]3)c12. The average Bonchev–Trinajstić information content (AvgIpc) is 3.14. The molecular weight excluding hydrogens is 264 g/mol. The van der Waals surface area contributed by atoms with Gasteiger partial charge in [0.15, 0.2) is 0 Å². The highest BCUT2D eigenvalue weighted by atomic mass is 16.5. The first-order valence-electron chi connectivity index (χ1n) is 7.21. The number of imidazole rings is 1. The molecule has 3 rings (SSSR count). The fourth-order valence-electron chi connectivity index (χ4n) is 2.39. The highest BCUT2D eigenvalue weighted by molar-refractivity contribution is 5.89. The van der Waals surface area contributed by atoms with Crippen LogP contribution in [0.3, 0.4) is 0 Å².